The Morgan fingerprint density at radius 2 is 1.72 bits per heavy atom. The summed E-state index contributed by atoms with van der Waals surface area (Å²) < 4.78 is 32.7. The molecule has 1 saturated carbocycles. The second kappa shape index (κ2) is 12.9. The van der Waals surface area contributed by atoms with Crippen molar-refractivity contribution in [2.24, 2.45) is 0 Å². The van der Waals surface area contributed by atoms with Crippen LogP contribution in [0.15, 0.2) is 77.8 Å². The summed E-state index contributed by atoms with van der Waals surface area (Å²) in [5, 5.41) is 2.87. The molecule has 1 aliphatic rings. The molecule has 2 N–H and O–H groups in total. The molecule has 2 amide bonds. The van der Waals surface area contributed by atoms with Crippen molar-refractivity contribution >= 4 is 21.8 Å². The summed E-state index contributed by atoms with van der Waals surface area (Å²) in [5.41, 5.74) is 2.43. The van der Waals surface area contributed by atoms with Crippen LogP contribution < -0.4 is 14.8 Å². The third-order valence-electron chi connectivity index (χ3n) is 6.61. The number of methoxy groups -OCH3 is 1. The minimum Gasteiger partial charge on any atom is -0.497 e. The van der Waals surface area contributed by atoms with Crippen molar-refractivity contribution in [2.75, 3.05) is 7.11 Å². The second-order valence-electron chi connectivity index (χ2n) is 9.62. The minimum absolute atomic E-state index is 0.0344. The summed E-state index contributed by atoms with van der Waals surface area (Å²) in [7, 11) is -1.94. The van der Waals surface area contributed by atoms with Crippen LogP contribution in [0.1, 0.15) is 43.0 Å². The first-order valence-corrected chi connectivity index (χ1v) is 14.4. The van der Waals surface area contributed by atoms with E-state index in [1.54, 1.807) is 55.5 Å². The van der Waals surface area contributed by atoms with Crippen LogP contribution in [0.4, 0.5) is 0 Å². The number of sulfonamides is 1. The summed E-state index contributed by atoms with van der Waals surface area (Å²) >= 11 is 0. The molecule has 1 aliphatic carbocycles. The predicted octanol–water partition coefficient (Wildman–Crippen LogP) is 3.20. The van der Waals surface area contributed by atoms with E-state index in [1.165, 1.54) is 0 Å². The van der Waals surface area contributed by atoms with Gasteiger partial charge in [0.05, 0.1) is 24.2 Å². The number of hydrogen-bond acceptors (Lipinski definition) is 6. The lowest BCUT2D eigenvalue weighted by atomic mass is 10.1. The van der Waals surface area contributed by atoms with E-state index < -0.39 is 16.1 Å². The van der Waals surface area contributed by atoms with Crippen LogP contribution in [0.2, 0.25) is 0 Å². The number of nitrogens with one attached hydrogen (secondary N) is 2. The number of hydrogen-bond donors (Lipinski definition) is 2. The fourth-order valence-electron chi connectivity index (χ4n) is 4.06. The molecular formula is C29H34N4O5S. The Morgan fingerprint density at radius 3 is 2.33 bits per heavy atom. The number of ether oxygens (including phenoxy) is 1. The molecule has 3 aromatic rings. The van der Waals surface area contributed by atoms with Crippen LogP contribution in [0, 0.1) is 0 Å². The monoisotopic (exact) mass is 550 g/mol. The first-order chi connectivity index (χ1) is 18.7. The maximum Gasteiger partial charge on any atom is 0.242 e. The van der Waals surface area contributed by atoms with Crippen LogP contribution in [0.3, 0.4) is 0 Å². The van der Waals surface area contributed by atoms with Gasteiger partial charge in [0.1, 0.15) is 11.8 Å². The third-order valence-corrected chi connectivity index (χ3v) is 8.15. The highest BCUT2D eigenvalue weighted by molar-refractivity contribution is 7.89. The van der Waals surface area contributed by atoms with E-state index in [0.717, 1.165) is 29.7 Å². The van der Waals surface area contributed by atoms with E-state index in [9.17, 15) is 18.0 Å². The molecule has 0 spiro atoms. The van der Waals surface area contributed by atoms with Crippen molar-refractivity contribution in [3.8, 4) is 5.75 Å². The molecular weight excluding hydrogens is 516 g/mol. The fraction of sp³-hybridized carbons (Fsp3) is 0.345. The minimum atomic E-state index is -3.53. The number of carbonyl (C=O) groups excluding carboxylic acids is 2. The van der Waals surface area contributed by atoms with Crippen LogP contribution >= 0.6 is 0 Å². The maximum absolute atomic E-state index is 13.4. The molecule has 1 atom stereocenters. The Bertz CT molecular complexity index is 1360. The number of aryl methyl sites for hydroxylation is 1. The van der Waals surface area contributed by atoms with Gasteiger partial charge in [-0.3, -0.25) is 14.6 Å². The smallest absolute Gasteiger partial charge is 0.242 e. The standard InChI is InChI=1S/C29H34N4O5S/c1-21(29(35)31-19-25-5-3-4-18-30-25)33(20-23-6-13-26(38-2)14-7-23)28(34)17-10-22-8-15-27(16-9-22)39(36,37)32-24-11-12-24/h3-9,13-16,18,21,24,32H,10-12,17,19-20H2,1-2H3,(H,31,35)/t21-/m0/s1. The third kappa shape index (κ3) is 8.11. The molecule has 0 unspecified atom stereocenters. The Hall–Kier alpha value is -3.76. The summed E-state index contributed by atoms with van der Waals surface area (Å²) in [6.45, 7) is 2.23. The summed E-state index contributed by atoms with van der Waals surface area (Å²) in [4.78, 5) is 32.4. The highest BCUT2D eigenvalue weighted by Crippen LogP contribution is 2.22. The lowest BCUT2D eigenvalue weighted by Crippen LogP contribution is -2.47. The second-order valence-corrected chi connectivity index (χ2v) is 11.3. The molecule has 1 aromatic heterocycles. The van der Waals surface area contributed by atoms with Crippen molar-refractivity contribution < 1.29 is 22.7 Å². The number of pyridine rings is 1. The molecule has 206 valence electrons. The first-order valence-electron chi connectivity index (χ1n) is 13.0. The SMILES string of the molecule is COc1ccc(CN(C(=O)CCc2ccc(S(=O)(=O)NC3CC3)cc2)[C@@H](C)C(=O)NCc2ccccn2)cc1. The molecule has 0 aliphatic heterocycles. The van der Waals surface area contributed by atoms with Gasteiger partial charge in [0, 0.05) is 25.2 Å². The zero-order valence-corrected chi connectivity index (χ0v) is 23.0. The fourth-order valence-corrected chi connectivity index (χ4v) is 5.36. The van der Waals surface area contributed by atoms with Gasteiger partial charge in [-0.05, 0) is 73.7 Å². The molecule has 9 nitrogen and oxygen atoms in total. The molecule has 2 aromatic carbocycles. The van der Waals surface area contributed by atoms with Crippen molar-refractivity contribution in [3.63, 3.8) is 0 Å². The Balaban J connectivity index is 1.42. The number of rotatable bonds is 13. The topological polar surface area (TPSA) is 118 Å². The number of carbonyl (C=O) groups is 2. The Labute approximate surface area is 229 Å². The normalized spacial score (nSPS) is 13.9. The summed E-state index contributed by atoms with van der Waals surface area (Å²) in [6, 6.07) is 18.7. The summed E-state index contributed by atoms with van der Waals surface area (Å²) in [5.74, 6) is 0.245. The molecule has 10 heteroatoms. The van der Waals surface area contributed by atoms with Gasteiger partial charge in [-0.15, -0.1) is 0 Å². The van der Waals surface area contributed by atoms with Crippen LogP contribution in [-0.4, -0.2) is 49.3 Å². The van der Waals surface area contributed by atoms with Crippen LogP contribution in [-0.2, 0) is 39.1 Å². The van der Waals surface area contributed by atoms with Crippen LogP contribution in [0.25, 0.3) is 0 Å². The number of aromatic nitrogens is 1. The van der Waals surface area contributed by atoms with Gasteiger partial charge >= 0.3 is 0 Å². The Morgan fingerprint density at radius 1 is 1.03 bits per heavy atom. The van der Waals surface area contributed by atoms with Crippen molar-refractivity contribution in [3.05, 3.63) is 89.7 Å². The first kappa shape index (κ1) is 28.3. The van der Waals surface area contributed by atoms with E-state index in [2.05, 4.69) is 15.0 Å². The van der Waals surface area contributed by atoms with Gasteiger partial charge in [0.2, 0.25) is 21.8 Å². The average Bonchev–Trinajstić information content (AvgIpc) is 3.77. The van der Waals surface area contributed by atoms with Gasteiger partial charge in [-0.1, -0.05) is 30.3 Å². The average molecular weight is 551 g/mol. The molecule has 1 fully saturated rings. The predicted molar refractivity (Wildman–Crippen MR) is 147 cm³/mol. The van der Waals surface area contributed by atoms with E-state index in [4.69, 9.17) is 4.74 Å². The molecule has 0 bridgehead atoms. The van der Waals surface area contributed by atoms with E-state index in [-0.39, 0.29) is 42.3 Å². The van der Waals surface area contributed by atoms with Crippen LogP contribution in [0.5, 0.6) is 5.75 Å². The van der Waals surface area contributed by atoms with Gasteiger partial charge < -0.3 is 15.0 Å². The molecule has 39 heavy (non-hydrogen) atoms. The summed E-state index contributed by atoms with van der Waals surface area (Å²) in [6.07, 6.45) is 3.98. The van der Waals surface area contributed by atoms with E-state index in [0.29, 0.717) is 12.2 Å². The van der Waals surface area contributed by atoms with E-state index in [1.807, 2.05) is 36.4 Å². The van der Waals surface area contributed by atoms with Crippen molar-refractivity contribution in [2.45, 2.75) is 62.7 Å². The lowest BCUT2D eigenvalue weighted by molar-refractivity contribution is -0.140. The molecule has 0 saturated heterocycles. The largest absolute Gasteiger partial charge is 0.497 e. The maximum atomic E-state index is 13.4. The highest BCUT2D eigenvalue weighted by atomic mass is 32.2. The molecule has 1 heterocycles. The number of nitrogens with zero attached hydrogens (tertiary/aromatic N) is 2. The zero-order chi connectivity index (χ0) is 27.8. The van der Waals surface area contributed by atoms with Gasteiger partial charge in [-0.25, -0.2) is 13.1 Å². The lowest BCUT2D eigenvalue weighted by Gasteiger charge is -2.29. The van der Waals surface area contributed by atoms with Crippen molar-refractivity contribution in [1.29, 1.82) is 0 Å². The molecule has 0 radical (unpaired) electrons. The highest BCUT2D eigenvalue weighted by Gasteiger charge is 2.28. The number of benzene rings is 2. The Kier molecular flexibility index (Phi) is 9.32. The quantitative estimate of drug-likeness (QED) is 0.338. The van der Waals surface area contributed by atoms with E-state index >= 15 is 0 Å². The zero-order valence-electron chi connectivity index (χ0n) is 22.2. The van der Waals surface area contributed by atoms with Gasteiger partial charge in [0.25, 0.3) is 0 Å². The van der Waals surface area contributed by atoms with Crippen molar-refractivity contribution in [1.82, 2.24) is 19.9 Å². The molecule has 4 rings (SSSR count). The van der Waals surface area contributed by atoms with Gasteiger partial charge in [-0.2, -0.15) is 0 Å². The van der Waals surface area contributed by atoms with Gasteiger partial charge in [0.15, 0.2) is 0 Å². The number of amides is 2.